The Kier molecular flexibility index (Phi) is 5.12. The number of carbonyl (C=O) groups excluding carboxylic acids is 1. The monoisotopic (exact) mass is 274 g/mol. The summed E-state index contributed by atoms with van der Waals surface area (Å²) in [7, 11) is 0. The quantitative estimate of drug-likeness (QED) is 0.759. The number of fused-ring (bicyclic) bond motifs is 1. The van der Waals surface area contributed by atoms with Crippen LogP contribution in [0.1, 0.15) is 30.8 Å². The van der Waals surface area contributed by atoms with E-state index in [0.29, 0.717) is 12.2 Å². The molecule has 0 aliphatic rings. The van der Waals surface area contributed by atoms with E-state index in [1.807, 2.05) is 24.3 Å². The topological polar surface area (TPSA) is 61.0 Å². The number of hydrogen-bond donors (Lipinski definition) is 2. The molecule has 0 saturated carbocycles. The SMILES string of the molecule is CCN(CC)CCCNC(=O)c1n[nH]c2ccccc12. The molecule has 1 aromatic carbocycles. The molecule has 108 valence electrons. The second-order valence-corrected chi connectivity index (χ2v) is 4.75. The third-order valence-corrected chi connectivity index (χ3v) is 3.52. The van der Waals surface area contributed by atoms with Gasteiger partial charge in [-0.25, -0.2) is 0 Å². The molecule has 2 N–H and O–H groups in total. The van der Waals surface area contributed by atoms with E-state index in [0.717, 1.165) is 37.0 Å². The van der Waals surface area contributed by atoms with Crippen molar-refractivity contribution in [1.82, 2.24) is 20.4 Å². The Labute approximate surface area is 119 Å². The van der Waals surface area contributed by atoms with Crippen LogP contribution in [-0.4, -0.2) is 47.2 Å². The number of para-hydroxylation sites is 1. The van der Waals surface area contributed by atoms with Gasteiger partial charge in [0.15, 0.2) is 5.69 Å². The van der Waals surface area contributed by atoms with Crippen LogP contribution in [0.2, 0.25) is 0 Å². The molecule has 0 atom stereocenters. The minimum atomic E-state index is -0.109. The second kappa shape index (κ2) is 7.05. The van der Waals surface area contributed by atoms with Crippen LogP contribution >= 0.6 is 0 Å². The zero-order chi connectivity index (χ0) is 14.4. The van der Waals surface area contributed by atoms with Gasteiger partial charge in [0.05, 0.1) is 5.52 Å². The summed E-state index contributed by atoms with van der Waals surface area (Å²) < 4.78 is 0. The molecule has 2 rings (SSSR count). The smallest absolute Gasteiger partial charge is 0.272 e. The number of H-pyrrole nitrogens is 1. The van der Waals surface area contributed by atoms with Gasteiger partial charge in [0.25, 0.3) is 5.91 Å². The highest BCUT2D eigenvalue weighted by molar-refractivity contribution is 6.04. The zero-order valence-corrected chi connectivity index (χ0v) is 12.1. The minimum absolute atomic E-state index is 0.109. The van der Waals surface area contributed by atoms with E-state index in [2.05, 4.69) is 34.3 Å². The summed E-state index contributed by atoms with van der Waals surface area (Å²) in [6.45, 7) is 8.09. The first-order valence-electron chi connectivity index (χ1n) is 7.20. The predicted octanol–water partition coefficient (Wildman–Crippen LogP) is 2.02. The average Bonchev–Trinajstić information content (AvgIpc) is 2.91. The highest BCUT2D eigenvalue weighted by Crippen LogP contribution is 2.14. The van der Waals surface area contributed by atoms with Crippen LogP contribution in [0.3, 0.4) is 0 Å². The van der Waals surface area contributed by atoms with Crippen LogP contribution in [-0.2, 0) is 0 Å². The van der Waals surface area contributed by atoms with Crippen molar-refractivity contribution in [2.45, 2.75) is 20.3 Å². The molecule has 0 saturated heterocycles. The Bertz CT molecular complexity index is 560. The fraction of sp³-hybridized carbons (Fsp3) is 0.467. The van der Waals surface area contributed by atoms with Gasteiger partial charge in [-0.2, -0.15) is 5.10 Å². The third-order valence-electron chi connectivity index (χ3n) is 3.52. The van der Waals surface area contributed by atoms with Gasteiger partial charge in [0.1, 0.15) is 0 Å². The summed E-state index contributed by atoms with van der Waals surface area (Å²) in [6.07, 6.45) is 0.954. The maximum atomic E-state index is 12.1. The Morgan fingerprint density at radius 2 is 2.05 bits per heavy atom. The highest BCUT2D eigenvalue weighted by Gasteiger charge is 2.12. The van der Waals surface area contributed by atoms with E-state index in [4.69, 9.17) is 0 Å². The number of nitrogens with one attached hydrogen (secondary N) is 2. The van der Waals surface area contributed by atoms with Crippen LogP contribution in [0.5, 0.6) is 0 Å². The molecule has 5 nitrogen and oxygen atoms in total. The van der Waals surface area contributed by atoms with Crippen molar-refractivity contribution in [3.8, 4) is 0 Å². The summed E-state index contributed by atoms with van der Waals surface area (Å²) in [4.78, 5) is 14.4. The maximum absolute atomic E-state index is 12.1. The fourth-order valence-electron chi connectivity index (χ4n) is 2.26. The van der Waals surface area contributed by atoms with E-state index >= 15 is 0 Å². The first-order valence-corrected chi connectivity index (χ1v) is 7.20. The molecule has 20 heavy (non-hydrogen) atoms. The molecule has 1 aromatic heterocycles. The lowest BCUT2D eigenvalue weighted by atomic mass is 10.2. The summed E-state index contributed by atoms with van der Waals surface area (Å²) in [5.74, 6) is -0.109. The standard InChI is InChI=1S/C15H22N4O/c1-3-19(4-2)11-7-10-16-15(20)14-12-8-5-6-9-13(12)17-18-14/h5-6,8-9H,3-4,7,10-11H2,1-2H3,(H,16,20)(H,17,18). The normalized spacial score (nSPS) is 11.2. The molecule has 0 spiro atoms. The van der Waals surface area contributed by atoms with Gasteiger partial charge in [-0.1, -0.05) is 32.0 Å². The highest BCUT2D eigenvalue weighted by atomic mass is 16.1. The predicted molar refractivity (Wildman–Crippen MR) is 80.8 cm³/mol. The molecule has 0 fully saturated rings. The van der Waals surface area contributed by atoms with Gasteiger partial charge in [-0.05, 0) is 32.1 Å². The number of carbonyl (C=O) groups is 1. The van der Waals surface area contributed by atoms with Gasteiger partial charge in [0, 0.05) is 11.9 Å². The summed E-state index contributed by atoms with van der Waals surface area (Å²) >= 11 is 0. The summed E-state index contributed by atoms with van der Waals surface area (Å²) in [6, 6.07) is 7.66. The van der Waals surface area contributed by atoms with Gasteiger partial charge in [0.2, 0.25) is 0 Å². The van der Waals surface area contributed by atoms with Crippen molar-refractivity contribution in [3.63, 3.8) is 0 Å². The first kappa shape index (κ1) is 14.5. The van der Waals surface area contributed by atoms with Gasteiger partial charge < -0.3 is 10.2 Å². The molecule has 0 radical (unpaired) electrons. The number of aromatic amines is 1. The largest absolute Gasteiger partial charge is 0.351 e. The molecule has 0 unspecified atom stereocenters. The van der Waals surface area contributed by atoms with E-state index in [1.54, 1.807) is 0 Å². The molecule has 1 amide bonds. The lowest BCUT2D eigenvalue weighted by Crippen LogP contribution is -2.30. The van der Waals surface area contributed by atoms with Gasteiger partial charge in [-0.3, -0.25) is 9.89 Å². The molecular weight excluding hydrogens is 252 g/mol. The molecule has 0 aliphatic carbocycles. The van der Waals surface area contributed by atoms with E-state index < -0.39 is 0 Å². The van der Waals surface area contributed by atoms with Crippen LogP contribution in [0, 0.1) is 0 Å². The third kappa shape index (κ3) is 3.36. The Hall–Kier alpha value is -1.88. The molecular formula is C15H22N4O. The number of nitrogens with zero attached hydrogens (tertiary/aromatic N) is 2. The fourth-order valence-corrected chi connectivity index (χ4v) is 2.26. The Morgan fingerprint density at radius 3 is 2.80 bits per heavy atom. The van der Waals surface area contributed by atoms with Crippen molar-refractivity contribution in [1.29, 1.82) is 0 Å². The van der Waals surface area contributed by atoms with E-state index in [-0.39, 0.29) is 5.91 Å². The molecule has 1 heterocycles. The summed E-state index contributed by atoms with van der Waals surface area (Å²) in [5.41, 5.74) is 1.37. The average molecular weight is 274 g/mol. The summed E-state index contributed by atoms with van der Waals surface area (Å²) in [5, 5.41) is 10.8. The lowest BCUT2D eigenvalue weighted by molar-refractivity contribution is 0.0948. The van der Waals surface area contributed by atoms with Crippen molar-refractivity contribution in [2.75, 3.05) is 26.2 Å². The van der Waals surface area contributed by atoms with Crippen molar-refractivity contribution < 1.29 is 4.79 Å². The molecule has 5 heteroatoms. The number of amides is 1. The molecule has 0 aliphatic heterocycles. The lowest BCUT2D eigenvalue weighted by Gasteiger charge is -2.17. The number of benzene rings is 1. The molecule has 0 bridgehead atoms. The van der Waals surface area contributed by atoms with Crippen molar-refractivity contribution in [3.05, 3.63) is 30.0 Å². The van der Waals surface area contributed by atoms with Crippen LogP contribution in [0.4, 0.5) is 0 Å². The second-order valence-electron chi connectivity index (χ2n) is 4.75. The van der Waals surface area contributed by atoms with Gasteiger partial charge >= 0.3 is 0 Å². The van der Waals surface area contributed by atoms with E-state index in [1.165, 1.54) is 0 Å². The maximum Gasteiger partial charge on any atom is 0.272 e. The van der Waals surface area contributed by atoms with Crippen LogP contribution < -0.4 is 5.32 Å². The van der Waals surface area contributed by atoms with E-state index in [9.17, 15) is 4.79 Å². The Balaban J connectivity index is 1.86. The minimum Gasteiger partial charge on any atom is -0.351 e. The Morgan fingerprint density at radius 1 is 1.30 bits per heavy atom. The van der Waals surface area contributed by atoms with Crippen LogP contribution in [0.25, 0.3) is 10.9 Å². The first-order chi connectivity index (χ1) is 9.76. The number of hydrogen-bond acceptors (Lipinski definition) is 3. The number of aromatic nitrogens is 2. The van der Waals surface area contributed by atoms with Crippen LogP contribution in [0.15, 0.2) is 24.3 Å². The molecule has 2 aromatic rings. The van der Waals surface area contributed by atoms with Crippen molar-refractivity contribution in [2.24, 2.45) is 0 Å². The zero-order valence-electron chi connectivity index (χ0n) is 12.1. The van der Waals surface area contributed by atoms with Gasteiger partial charge in [-0.15, -0.1) is 0 Å². The van der Waals surface area contributed by atoms with Crippen molar-refractivity contribution >= 4 is 16.8 Å². The number of rotatable bonds is 7.